The lowest BCUT2D eigenvalue weighted by Crippen LogP contribution is -1.93. The van der Waals surface area contributed by atoms with Gasteiger partial charge in [-0.2, -0.15) is 0 Å². The molecule has 0 amide bonds. The molecule has 0 bridgehead atoms. The molecular formula is C10H11FO2. The number of halogens is 1. The molecule has 0 aromatic heterocycles. The average molecular weight is 182 g/mol. The lowest BCUT2D eigenvalue weighted by atomic mass is 10.1. The van der Waals surface area contributed by atoms with E-state index in [2.05, 4.69) is 0 Å². The van der Waals surface area contributed by atoms with Gasteiger partial charge in [-0.3, -0.25) is 0 Å². The molecule has 1 aliphatic carbocycles. The summed E-state index contributed by atoms with van der Waals surface area (Å²) in [6.45, 7) is -0.804. The van der Waals surface area contributed by atoms with E-state index >= 15 is 0 Å². The van der Waals surface area contributed by atoms with E-state index in [1.54, 1.807) is 18.2 Å². The van der Waals surface area contributed by atoms with Crippen molar-refractivity contribution in [2.45, 2.75) is 18.9 Å². The van der Waals surface area contributed by atoms with Gasteiger partial charge in [0.05, 0.1) is 6.10 Å². The molecule has 0 fully saturated rings. The van der Waals surface area contributed by atoms with Crippen molar-refractivity contribution < 1.29 is 14.2 Å². The molecule has 1 atom stereocenters. The maximum absolute atomic E-state index is 11.8. The molecule has 1 unspecified atom stereocenters. The second kappa shape index (κ2) is 3.34. The summed E-state index contributed by atoms with van der Waals surface area (Å²) in [4.78, 5) is 0. The normalized spacial score (nSPS) is 20.0. The molecular weight excluding hydrogens is 171 g/mol. The van der Waals surface area contributed by atoms with Crippen molar-refractivity contribution in [3.63, 3.8) is 0 Å². The smallest absolute Gasteiger partial charge is 0.228 e. The Kier molecular flexibility index (Phi) is 2.19. The molecule has 2 nitrogen and oxygen atoms in total. The summed E-state index contributed by atoms with van der Waals surface area (Å²) in [6, 6.07) is 5.29. The number of alkyl halides is 1. The third-order valence-electron chi connectivity index (χ3n) is 2.38. The minimum atomic E-state index is -0.804. The number of aliphatic hydroxyl groups is 1. The lowest BCUT2D eigenvalue weighted by molar-refractivity contribution is 0.179. The first kappa shape index (κ1) is 8.51. The molecule has 1 aromatic carbocycles. The summed E-state index contributed by atoms with van der Waals surface area (Å²) in [5.74, 6) is 0.537. The first-order valence-electron chi connectivity index (χ1n) is 4.31. The van der Waals surface area contributed by atoms with Crippen LogP contribution in [-0.2, 0) is 6.42 Å². The van der Waals surface area contributed by atoms with Gasteiger partial charge in [-0.05, 0) is 36.1 Å². The van der Waals surface area contributed by atoms with Crippen molar-refractivity contribution in [1.82, 2.24) is 0 Å². The number of ether oxygens (including phenoxy) is 1. The maximum atomic E-state index is 11.8. The Bertz CT molecular complexity index is 312. The molecule has 0 radical (unpaired) electrons. The number of aryl methyl sites for hydroxylation is 1. The van der Waals surface area contributed by atoms with Gasteiger partial charge in [-0.15, -0.1) is 0 Å². The van der Waals surface area contributed by atoms with Gasteiger partial charge in [0.25, 0.3) is 0 Å². The van der Waals surface area contributed by atoms with E-state index in [1.165, 1.54) is 0 Å². The zero-order valence-electron chi connectivity index (χ0n) is 7.16. The molecule has 70 valence electrons. The third-order valence-corrected chi connectivity index (χ3v) is 2.38. The van der Waals surface area contributed by atoms with Crippen LogP contribution in [0.15, 0.2) is 18.2 Å². The predicted octanol–water partition coefficient (Wildman–Crippen LogP) is 1.97. The molecule has 1 aromatic rings. The Morgan fingerprint density at radius 1 is 1.54 bits per heavy atom. The van der Waals surface area contributed by atoms with E-state index < -0.39 is 6.86 Å². The predicted molar refractivity (Wildman–Crippen MR) is 46.3 cm³/mol. The summed E-state index contributed by atoms with van der Waals surface area (Å²) in [7, 11) is 0. The van der Waals surface area contributed by atoms with Crippen molar-refractivity contribution in [3.05, 3.63) is 29.3 Å². The van der Waals surface area contributed by atoms with Crippen LogP contribution in [0.2, 0.25) is 0 Å². The van der Waals surface area contributed by atoms with E-state index in [0.717, 1.165) is 24.0 Å². The lowest BCUT2D eigenvalue weighted by Gasteiger charge is -2.05. The average Bonchev–Trinajstić information content (AvgIpc) is 2.48. The number of hydrogen-bond donors (Lipinski definition) is 1. The molecule has 0 aliphatic heterocycles. The standard InChI is InChI=1S/C10H11FO2/c11-6-13-8-2-3-9-7(5-8)1-4-10(9)12/h2-3,5,10,12H,1,4,6H2. The number of rotatable bonds is 2. The molecule has 1 N–H and O–H groups in total. The van der Waals surface area contributed by atoms with E-state index in [-0.39, 0.29) is 6.10 Å². The summed E-state index contributed by atoms with van der Waals surface area (Å²) >= 11 is 0. The third kappa shape index (κ3) is 1.52. The van der Waals surface area contributed by atoms with Crippen LogP contribution in [0.4, 0.5) is 4.39 Å². The zero-order chi connectivity index (χ0) is 9.26. The van der Waals surface area contributed by atoms with Gasteiger partial charge in [0.1, 0.15) is 5.75 Å². The highest BCUT2D eigenvalue weighted by molar-refractivity contribution is 5.39. The van der Waals surface area contributed by atoms with Crippen LogP contribution >= 0.6 is 0 Å². The van der Waals surface area contributed by atoms with E-state index in [0.29, 0.717) is 5.75 Å². The van der Waals surface area contributed by atoms with E-state index in [4.69, 9.17) is 4.74 Å². The second-order valence-corrected chi connectivity index (χ2v) is 3.17. The summed E-state index contributed by atoms with van der Waals surface area (Å²) in [6.07, 6.45) is 1.25. The minimum absolute atomic E-state index is 0.352. The quantitative estimate of drug-likeness (QED) is 0.757. The summed E-state index contributed by atoms with van der Waals surface area (Å²) in [5.41, 5.74) is 2.02. The van der Waals surface area contributed by atoms with Gasteiger partial charge in [0, 0.05) is 0 Å². The first-order chi connectivity index (χ1) is 6.31. The number of aliphatic hydroxyl groups excluding tert-OH is 1. The Morgan fingerprint density at radius 3 is 3.15 bits per heavy atom. The molecule has 0 saturated carbocycles. The second-order valence-electron chi connectivity index (χ2n) is 3.17. The highest BCUT2D eigenvalue weighted by Crippen LogP contribution is 2.33. The SMILES string of the molecule is OC1CCc2cc(OCF)ccc21. The van der Waals surface area contributed by atoms with Crippen LogP contribution in [-0.4, -0.2) is 12.0 Å². The fourth-order valence-electron chi connectivity index (χ4n) is 1.72. The number of fused-ring (bicyclic) bond motifs is 1. The van der Waals surface area contributed by atoms with Gasteiger partial charge < -0.3 is 9.84 Å². The fourth-order valence-corrected chi connectivity index (χ4v) is 1.72. The monoisotopic (exact) mass is 182 g/mol. The Labute approximate surface area is 76.0 Å². The Balaban J connectivity index is 2.29. The summed E-state index contributed by atoms with van der Waals surface area (Å²) < 4.78 is 16.6. The molecule has 1 aliphatic rings. The van der Waals surface area contributed by atoms with Crippen molar-refractivity contribution in [3.8, 4) is 5.75 Å². The van der Waals surface area contributed by atoms with E-state index in [9.17, 15) is 9.50 Å². The van der Waals surface area contributed by atoms with Crippen molar-refractivity contribution in [2.75, 3.05) is 6.86 Å². The Morgan fingerprint density at radius 2 is 2.38 bits per heavy atom. The molecule has 0 heterocycles. The number of benzene rings is 1. The van der Waals surface area contributed by atoms with E-state index in [1.807, 2.05) is 0 Å². The zero-order valence-corrected chi connectivity index (χ0v) is 7.16. The van der Waals surface area contributed by atoms with Crippen LogP contribution in [0.25, 0.3) is 0 Å². The van der Waals surface area contributed by atoms with Gasteiger partial charge in [0.15, 0.2) is 0 Å². The first-order valence-corrected chi connectivity index (χ1v) is 4.31. The molecule has 0 saturated heterocycles. The van der Waals surface area contributed by atoms with Gasteiger partial charge in [-0.1, -0.05) is 6.07 Å². The maximum Gasteiger partial charge on any atom is 0.228 e. The highest BCUT2D eigenvalue weighted by atomic mass is 19.1. The van der Waals surface area contributed by atoms with Crippen LogP contribution in [0, 0.1) is 0 Å². The van der Waals surface area contributed by atoms with Crippen LogP contribution in [0.1, 0.15) is 23.7 Å². The summed E-state index contributed by atoms with van der Waals surface area (Å²) in [5, 5.41) is 9.49. The van der Waals surface area contributed by atoms with Crippen molar-refractivity contribution in [1.29, 1.82) is 0 Å². The van der Waals surface area contributed by atoms with Crippen molar-refractivity contribution in [2.24, 2.45) is 0 Å². The van der Waals surface area contributed by atoms with Crippen LogP contribution < -0.4 is 4.74 Å². The van der Waals surface area contributed by atoms with Gasteiger partial charge in [-0.25, -0.2) is 4.39 Å². The molecule has 13 heavy (non-hydrogen) atoms. The fraction of sp³-hybridized carbons (Fsp3) is 0.400. The van der Waals surface area contributed by atoms with Gasteiger partial charge >= 0.3 is 0 Å². The molecule has 0 spiro atoms. The Hall–Kier alpha value is -1.09. The largest absolute Gasteiger partial charge is 0.463 e. The topological polar surface area (TPSA) is 29.5 Å². The highest BCUT2D eigenvalue weighted by Gasteiger charge is 2.20. The van der Waals surface area contributed by atoms with Crippen molar-refractivity contribution >= 4 is 0 Å². The number of hydrogen-bond acceptors (Lipinski definition) is 2. The van der Waals surface area contributed by atoms with Gasteiger partial charge in [0.2, 0.25) is 6.86 Å². The molecule has 2 rings (SSSR count). The molecule has 3 heteroatoms. The van der Waals surface area contributed by atoms with Crippen LogP contribution in [0.5, 0.6) is 5.75 Å². The minimum Gasteiger partial charge on any atom is -0.463 e. The van der Waals surface area contributed by atoms with Crippen LogP contribution in [0.3, 0.4) is 0 Å².